The van der Waals surface area contributed by atoms with Gasteiger partial charge in [-0.2, -0.15) is 0 Å². The van der Waals surface area contributed by atoms with Crippen LogP contribution >= 0.6 is 0 Å². The lowest BCUT2D eigenvalue weighted by molar-refractivity contribution is -0.146. The van der Waals surface area contributed by atoms with E-state index in [0.717, 1.165) is 5.56 Å². The van der Waals surface area contributed by atoms with Gasteiger partial charge in [0.05, 0.1) is 19.6 Å². The zero-order valence-corrected chi connectivity index (χ0v) is 17.1. The Morgan fingerprint density at radius 2 is 1.52 bits per heavy atom. The number of hydrogen-bond acceptors (Lipinski definition) is 4. The van der Waals surface area contributed by atoms with Crippen molar-refractivity contribution < 1.29 is 19.1 Å². The topological polar surface area (TPSA) is 84.5 Å². The molecule has 3 unspecified atom stereocenters. The van der Waals surface area contributed by atoms with E-state index in [1.54, 1.807) is 24.3 Å². The predicted octanol–water partition coefficient (Wildman–Crippen LogP) is 3.25. The van der Waals surface area contributed by atoms with Gasteiger partial charge in [-0.15, -0.1) is 0 Å². The number of rotatable bonds is 9. The van der Waals surface area contributed by atoms with Crippen LogP contribution < -0.4 is 10.6 Å². The predicted molar refractivity (Wildman–Crippen MR) is 111 cm³/mol. The largest absolute Gasteiger partial charge is 0.467 e. The molecule has 2 rings (SSSR count). The van der Waals surface area contributed by atoms with E-state index in [1.807, 2.05) is 50.2 Å². The van der Waals surface area contributed by atoms with Crippen LogP contribution in [0.2, 0.25) is 0 Å². The van der Waals surface area contributed by atoms with Crippen LogP contribution in [-0.2, 0) is 14.3 Å². The van der Waals surface area contributed by atoms with Crippen LogP contribution in [0.4, 0.5) is 0 Å². The van der Waals surface area contributed by atoms with Crippen LogP contribution in [0.25, 0.3) is 0 Å². The Morgan fingerprint density at radius 3 is 2.07 bits per heavy atom. The molecule has 0 bridgehead atoms. The van der Waals surface area contributed by atoms with Gasteiger partial charge in [-0.05, 0) is 23.6 Å². The zero-order chi connectivity index (χ0) is 21.2. The van der Waals surface area contributed by atoms with E-state index in [9.17, 15) is 14.4 Å². The second-order valence-electron chi connectivity index (χ2n) is 6.96. The molecule has 29 heavy (non-hydrogen) atoms. The number of methoxy groups -OCH3 is 1. The highest BCUT2D eigenvalue weighted by atomic mass is 16.5. The number of ether oxygens (including phenoxy) is 1. The number of hydrogen-bond donors (Lipinski definition) is 2. The number of carbonyl (C=O) groups is 3. The van der Waals surface area contributed by atoms with Crippen molar-refractivity contribution in [2.45, 2.75) is 38.8 Å². The van der Waals surface area contributed by atoms with Gasteiger partial charge in [0.15, 0.2) is 0 Å². The Balaban J connectivity index is 2.15. The lowest BCUT2D eigenvalue weighted by atomic mass is 9.98. The number of esters is 1. The summed E-state index contributed by atoms with van der Waals surface area (Å²) in [6, 6.07) is 16.9. The van der Waals surface area contributed by atoms with E-state index in [4.69, 9.17) is 4.74 Å². The highest BCUT2D eigenvalue weighted by Gasteiger charge is 2.28. The molecule has 0 aliphatic carbocycles. The molecular formula is C23H28N2O4. The molecule has 6 heteroatoms. The Hall–Kier alpha value is -3.15. The molecule has 0 heterocycles. The second-order valence-corrected chi connectivity index (χ2v) is 6.96. The minimum Gasteiger partial charge on any atom is -0.467 e. The molecular weight excluding hydrogens is 368 g/mol. The summed E-state index contributed by atoms with van der Waals surface area (Å²) in [6.45, 7) is 3.83. The Kier molecular flexibility index (Phi) is 8.40. The van der Waals surface area contributed by atoms with Gasteiger partial charge in [-0.1, -0.05) is 68.8 Å². The summed E-state index contributed by atoms with van der Waals surface area (Å²) >= 11 is 0. The summed E-state index contributed by atoms with van der Waals surface area (Å²) < 4.78 is 4.82. The van der Waals surface area contributed by atoms with Gasteiger partial charge in [0.1, 0.15) is 6.04 Å². The molecule has 0 aliphatic heterocycles. The van der Waals surface area contributed by atoms with Crippen LogP contribution in [-0.4, -0.2) is 30.9 Å². The van der Waals surface area contributed by atoms with Crippen molar-refractivity contribution in [3.05, 3.63) is 71.8 Å². The fraction of sp³-hybridized carbons (Fsp3) is 0.348. The molecule has 2 N–H and O–H groups in total. The molecule has 154 valence electrons. The van der Waals surface area contributed by atoms with E-state index in [0.29, 0.717) is 12.0 Å². The molecule has 3 atom stereocenters. The van der Waals surface area contributed by atoms with Crippen LogP contribution in [0.5, 0.6) is 0 Å². The average Bonchev–Trinajstić information content (AvgIpc) is 2.77. The molecule has 0 radical (unpaired) electrons. The Morgan fingerprint density at radius 1 is 0.931 bits per heavy atom. The van der Waals surface area contributed by atoms with E-state index < -0.39 is 18.1 Å². The van der Waals surface area contributed by atoms with Crippen molar-refractivity contribution in [1.29, 1.82) is 0 Å². The molecule has 2 amide bonds. The maximum atomic E-state index is 12.7. The maximum absolute atomic E-state index is 12.7. The number of amides is 2. The Labute approximate surface area is 171 Å². The quantitative estimate of drug-likeness (QED) is 0.637. The SMILES string of the molecule is CCC(C)C(NC(=O)CC(NC(=O)c1ccccc1)c1ccccc1)C(=O)OC. The van der Waals surface area contributed by atoms with E-state index in [-0.39, 0.29) is 24.2 Å². The summed E-state index contributed by atoms with van der Waals surface area (Å²) in [4.78, 5) is 37.4. The third-order valence-corrected chi connectivity index (χ3v) is 4.92. The fourth-order valence-electron chi connectivity index (χ4n) is 2.98. The molecule has 0 saturated heterocycles. The molecule has 0 spiro atoms. The van der Waals surface area contributed by atoms with Crippen molar-refractivity contribution in [2.24, 2.45) is 5.92 Å². The van der Waals surface area contributed by atoms with Crippen molar-refractivity contribution in [2.75, 3.05) is 7.11 Å². The minimum atomic E-state index is -0.723. The van der Waals surface area contributed by atoms with Gasteiger partial charge in [0.2, 0.25) is 5.91 Å². The maximum Gasteiger partial charge on any atom is 0.328 e. The first-order chi connectivity index (χ1) is 14.0. The molecule has 0 aromatic heterocycles. The monoisotopic (exact) mass is 396 g/mol. The first kappa shape index (κ1) is 22.1. The van der Waals surface area contributed by atoms with Crippen LogP contribution in [0.1, 0.15) is 48.7 Å². The highest BCUT2D eigenvalue weighted by Crippen LogP contribution is 2.18. The lowest BCUT2D eigenvalue weighted by Gasteiger charge is -2.24. The molecule has 0 fully saturated rings. The zero-order valence-electron chi connectivity index (χ0n) is 17.1. The van der Waals surface area contributed by atoms with Crippen molar-refractivity contribution in [3.8, 4) is 0 Å². The van der Waals surface area contributed by atoms with Crippen molar-refractivity contribution >= 4 is 17.8 Å². The summed E-state index contributed by atoms with van der Waals surface area (Å²) in [7, 11) is 1.30. The van der Waals surface area contributed by atoms with Gasteiger partial charge in [-0.25, -0.2) is 4.79 Å². The number of benzene rings is 2. The number of carbonyl (C=O) groups excluding carboxylic acids is 3. The third-order valence-electron chi connectivity index (χ3n) is 4.92. The molecule has 2 aromatic rings. The molecule has 0 aliphatic rings. The van der Waals surface area contributed by atoms with E-state index in [2.05, 4.69) is 10.6 Å². The molecule has 6 nitrogen and oxygen atoms in total. The first-order valence-electron chi connectivity index (χ1n) is 9.74. The first-order valence-corrected chi connectivity index (χ1v) is 9.74. The van der Waals surface area contributed by atoms with Gasteiger partial charge in [-0.3, -0.25) is 9.59 Å². The summed E-state index contributed by atoms with van der Waals surface area (Å²) in [6.07, 6.45) is 0.722. The summed E-state index contributed by atoms with van der Waals surface area (Å²) in [5.41, 5.74) is 1.32. The van der Waals surface area contributed by atoms with Crippen molar-refractivity contribution in [3.63, 3.8) is 0 Å². The normalized spacial score (nSPS) is 13.6. The average molecular weight is 396 g/mol. The van der Waals surface area contributed by atoms with E-state index in [1.165, 1.54) is 7.11 Å². The van der Waals surface area contributed by atoms with Gasteiger partial charge in [0, 0.05) is 5.56 Å². The summed E-state index contributed by atoms with van der Waals surface area (Å²) in [5.74, 6) is -1.14. The third kappa shape index (κ3) is 6.45. The summed E-state index contributed by atoms with van der Waals surface area (Å²) in [5, 5.41) is 5.69. The van der Waals surface area contributed by atoms with Crippen molar-refractivity contribution in [1.82, 2.24) is 10.6 Å². The second kappa shape index (κ2) is 11.0. The van der Waals surface area contributed by atoms with Crippen LogP contribution in [0, 0.1) is 5.92 Å². The van der Waals surface area contributed by atoms with E-state index >= 15 is 0 Å². The smallest absolute Gasteiger partial charge is 0.328 e. The number of nitrogens with one attached hydrogen (secondary N) is 2. The van der Waals surface area contributed by atoms with Gasteiger partial charge < -0.3 is 15.4 Å². The van der Waals surface area contributed by atoms with Gasteiger partial charge in [0.25, 0.3) is 5.91 Å². The Bertz CT molecular complexity index is 808. The molecule has 0 saturated carbocycles. The highest BCUT2D eigenvalue weighted by molar-refractivity contribution is 5.95. The van der Waals surface area contributed by atoms with Gasteiger partial charge >= 0.3 is 5.97 Å². The molecule has 2 aromatic carbocycles. The fourth-order valence-corrected chi connectivity index (χ4v) is 2.98. The van der Waals surface area contributed by atoms with Crippen LogP contribution in [0.3, 0.4) is 0 Å². The lowest BCUT2D eigenvalue weighted by Crippen LogP contribution is -2.46. The standard InChI is InChI=1S/C23H28N2O4/c1-4-16(2)21(23(28)29-3)25-20(26)15-19(17-11-7-5-8-12-17)24-22(27)18-13-9-6-10-14-18/h5-14,16,19,21H,4,15H2,1-3H3,(H,24,27)(H,25,26). The van der Waals surface area contributed by atoms with Crippen LogP contribution in [0.15, 0.2) is 60.7 Å². The minimum absolute atomic E-state index is 0.00646.